The Labute approximate surface area is 258 Å². The Morgan fingerprint density at radius 3 is 1.45 bits per heavy atom. The van der Waals surface area contributed by atoms with Crippen LogP contribution in [0.3, 0.4) is 0 Å². The van der Waals surface area contributed by atoms with E-state index in [1.807, 2.05) is 12.1 Å². The zero-order valence-electron chi connectivity index (χ0n) is 23.1. The van der Waals surface area contributed by atoms with E-state index in [4.69, 9.17) is 0 Å². The SMILES string of the molecule is Oc1ccc2ccccc2c1-c1c([P+](Cc2ccccc2)(c2ccccc2)c2ccccc2)ccc2ccccc12.[Br-]. The van der Waals surface area contributed by atoms with Crippen LogP contribution in [0, 0.1) is 0 Å². The molecule has 0 aliphatic heterocycles. The highest BCUT2D eigenvalue weighted by Crippen LogP contribution is 2.61. The van der Waals surface area contributed by atoms with Crippen molar-refractivity contribution in [3.8, 4) is 16.9 Å². The lowest BCUT2D eigenvalue weighted by molar-refractivity contribution is -0.00000873. The van der Waals surface area contributed by atoms with Crippen LogP contribution in [0.5, 0.6) is 5.75 Å². The number of phenols is 1. The van der Waals surface area contributed by atoms with E-state index < -0.39 is 7.26 Å². The van der Waals surface area contributed by atoms with Gasteiger partial charge >= 0.3 is 0 Å². The number of phenolic OH excluding ortho intramolecular Hbond substituents is 1. The number of benzene rings is 7. The van der Waals surface area contributed by atoms with Crippen LogP contribution in [-0.2, 0) is 6.16 Å². The first-order valence-corrected chi connectivity index (χ1v) is 16.0. The molecule has 0 spiro atoms. The van der Waals surface area contributed by atoms with Crippen LogP contribution in [0.4, 0.5) is 0 Å². The van der Waals surface area contributed by atoms with E-state index in [-0.39, 0.29) is 17.0 Å². The van der Waals surface area contributed by atoms with Crippen molar-refractivity contribution in [3.63, 3.8) is 0 Å². The van der Waals surface area contributed by atoms with Gasteiger partial charge in [0.15, 0.2) is 0 Å². The Kier molecular flexibility index (Phi) is 7.94. The quantitative estimate of drug-likeness (QED) is 0.230. The average molecular weight is 626 g/mol. The molecule has 7 aromatic rings. The normalized spacial score (nSPS) is 11.3. The van der Waals surface area contributed by atoms with E-state index in [1.165, 1.54) is 21.5 Å². The number of hydrogen-bond acceptors (Lipinski definition) is 1. The van der Waals surface area contributed by atoms with Gasteiger partial charge in [-0.2, -0.15) is 0 Å². The van der Waals surface area contributed by atoms with Gasteiger partial charge in [-0.25, -0.2) is 0 Å². The van der Waals surface area contributed by atoms with Gasteiger partial charge < -0.3 is 22.1 Å². The summed E-state index contributed by atoms with van der Waals surface area (Å²) in [4.78, 5) is 0. The van der Waals surface area contributed by atoms with Gasteiger partial charge in [0.2, 0.25) is 0 Å². The molecule has 204 valence electrons. The van der Waals surface area contributed by atoms with Gasteiger partial charge in [-0.05, 0) is 63.5 Å². The number of fused-ring (bicyclic) bond motifs is 2. The lowest BCUT2D eigenvalue weighted by atomic mass is 9.93. The van der Waals surface area contributed by atoms with Crippen LogP contribution in [0.15, 0.2) is 164 Å². The van der Waals surface area contributed by atoms with Gasteiger partial charge in [0.25, 0.3) is 0 Å². The topological polar surface area (TPSA) is 20.2 Å². The maximum atomic E-state index is 11.7. The van der Waals surface area contributed by atoms with Crippen LogP contribution in [0.25, 0.3) is 32.7 Å². The van der Waals surface area contributed by atoms with Crippen molar-refractivity contribution >= 4 is 44.7 Å². The Bertz CT molecular complexity index is 1930. The maximum Gasteiger partial charge on any atom is 0.124 e. The molecule has 0 unspecified atom stereocenters. The number of halogens is 1. The van der Waals surface area contributed by atoms with Gasteiger partial charge in [0.05, 0.1) is 6.16 Å². The van der Waals surface area contributed by atoms with Crippen LogP contribution >= 0.6 is 7.26 Å². The lowest BCUT2D eigenvalue weighted by Gasteiger charge is -2.30. The first-order valence-electron chi connectivity index (χ1n) is 14.0. The lowest BCUT2D eigenvalue weighted by Crippen LogP contribution is -3.00. The van der Waals surface area contributed by atoms with Crippen molar-refractivity contribution in [2.24, 2.45) is 0 Å². The first kappa shape index (κ1) is 27.9. The Hall–Kier alpha value is -4.23. The van der Waals surface area contributed by atoms with E-state index in [0.29, 0.717) is 5.75 Å². The number of rotatable bonds is 6. The third kappa shape index (κ3) is 4.81. The second-order valence-electron chi connectivity index (χ2n) is 10.5. The molecule has 7 aromatic carbocycles. The maximum absolute atomic E-state index is 11.7. The van der Waals surface area contributed by atoms with Crippen molar-refractivity contribution < 1.29 is 22.1 Å². The van der Waals surface area contributed by atoms with Crippen molar-refractivity contribution in [2.45, 2.75) is 6.16 Å². The van der Waals surface area contributed by atoms with Gasteiger partial charge in [-0.1, -0.05) is 127 Å². The van der Waals surface area contributed by atoms with Crippen molar-refractivity contribution in [1.29, 1.82) is 0 Å². The zero-order chi connectivity index (χ0) is 27.6. The monoisotopic (exact) mass is 624 g/mol. The smallest absolute Gasteiger partial charge is 0.124 e. The second kappa shape index (κ2) is 11.9. The molecule has 0 radical (unpaired) electrons. The third-order valence-corrected chi connectivity index (χ3v) is 12.5. The van der Waals surface area contributed by atoms with E-state index in [2.05, 4.69) is 152 Å². The Morgan fingerprint density at radius 1 is 0.429 bits per heavy atom. The molecule has 0 heterocycles. The van der Waals surface area contributed by atoms with E-state index in [0.717, 1.165) is 38.8 Å². The molecule has 1 nitrogen and oxygen atoms in total. The Balaban J connectivity index is 0.00000316. The molecule has 0 atom stereocenters. The molecular formula is C39H30BrOP. The molecule has 0 saturated carbocycles. The summed E-state index contributed by atoms with van der Waals surface area (Å²) in [7, 11) is -2.29. The molecule has 0 amide bonds. The third-order valence-electron chi connectivity index (χ3n) is 8.13. The van der Waals surface area contributed by atoms with Crippen LogP contribution in [-0.4, -0.2) is 5.11 Å². The number of hydrogen-bond donors (Lipinski definition) is 1. The summed E-state index contributed by atoms with van der Waals surface area (Å²) in [6.45, 7) is 0. The molecule has 0 saturated heterocycles. The van der Waals surface area contributed by atoms with Crippen molar-refractivity contribution in [2.75, 3.05) is 0 Å². The molecule has 0 bridgehead atoms. The molecular weight excluding hydrogens is 595 g/mol. The summed E-state index contributed by atoms with van der Waals surface area (Å²) in [5.74, 6) is 0.306. The Morgan fingerprint density at radius 2 is 0.881 bits per heavy atom. The summed E-state index contributed by atoms with van der Waals surface area (Å²) in [5, 5.41) is 20.1. The van der Waals surface area contributed by atoms with E-state index in [9.17, 15) is 5.11 Å². The predicted octanol–water partition coefficient (Wildman–Crippen LogP) is 5.86. The van der Waals surface area contributed by atoms with Gasteiger partial charge in [0.1, 0.15) is 28.9 Å². The molecule has 42 heavy (non-hydrogen) atoms. The van der Waals surface area contributed by atoms with Gasteiger partial charge in [-0.3, -0.25) is 0 Å². The van der Waals surface area contributed by atoms with Crippen LogP contribution < -0.4 is 32.9 Å². The molecule has 1 N–H and O–H groups in total. The summed E-state index contributed by atoms with van der Waals surface area (Å²) < 4.78 is 0. The van der Waals surface area contributed by atoms with Gasteiger partial charge in [0, 0.05) is 11.1 Å². The van der Waals surface area contributed by atoms with E-state index >= 15 is 0 Å². The fraction of sp³-hybridized carbons (Fsp3) is 0.0256. The standard InChI is InChI=1S/C39H29OP.BrH/c40-36-26-24-30-16-10-12-22-34(30)38(36)39-35-23-13-11-17-31(35)25-27-37(39)41(32-18-6-2-7-19-32,33-20-8-3-9-21-33)28-29-14-4-1-5-15-29;/h1-27H,28H2;1H. The first-order chi connectivity index (χ1) is 20.3. The minimum atomic E-state index is -2.29. The number of aromatic hydroxyl groups is 1. The van der Waals surface area contributed by atoms with Crippen molar-refractivity contribution in [1.82, 2.24) is 0 Å². The molecule has 7 rings (SSSR count). The fourth-order valence-electron chi connectivity index (χ4n) is 6.28. The molecule has 0 aliphatic carbocycles. The van der Waals surface area contributed by atoms with Crippen molar-refractivity contribution in [3.05, 3.63) is 169 Å². The average Bonchev–Trinajstić information content (AvgIpc) is 3.05. The molecule has 0 aromatic heterocycles. The summed E-state index contributed by atoms with van der Waals surface area (Å²) in [6, 6.07) is 58.3. The zero-order valence-corrected chi connectivity index (χ0v) is 25.5. The minimum Gasteiger partial charge on any atom is -1.00 e. The summed E-state index contributed by atoms with van der Waals surface area (Å²) >= 11 is 0. The molecule has 0 fully saturated rings. The summed E-state index contributed by atoms with van der Waals surface area (Å²) in [6.07, 6.45) is 0.874. The minimum absolute atomic E-state index is 0. The fourth-order valence-corrected chi connectivity index (χ4v) is 10.7. The van der Waals surface area contributed by atoms with Gasteiger partial charge in [-0.15, -0.1) is 0 Å². The highest BCUT2D eigenvalue weighted by molar-refractivity contribution is 7.95. The van der Waals surface area contributed by atoms with Crippen LogP contribution in [0.1, 0.15) is 5.56 Å². The predicted molar refractivity (Wildman–Crippen MR) is 177 cm³/mol. The van der Waals surface area contributed by atoms with E-state index in [1.54, 1.807) is 0 Å². The summed E-state index contributed by atoms with van der Waals surface area (Å²) in [5.41, 5.74) is 3.32. The second-order valence-corrected chi connectivity index (χ2v) is 13.9. The highest BCUT2D eigenvalue weighted by atomic mass is 79.9. The molecule has 3 heteroatoms. The van der Waals surface area contributed by atoms with Crippen LogP contribution in [0.2, 0.25) is 0 Å². The highest BCUT2D eigenvalue weighted by Gasteiger charge is 2.47. The largest absolute Gasteiger partial charge is 1.00 e. The molecule has 0 aliphatic rings.